The summed E-state index contributed by atoms with van der Waals surface area (Å²) in [6.45, 7) is -1.32. The number of hydrogen-bond donors (Lipinski definition) is 1. The second-order valence-electron chi connectivity index (χ2n) is 3.44. The van der Waals surface area contributed by atoms with Crippen LogP contribution >= 0.6 is 24.2 Å². The molecule has 0 spiro atoms. The van der Waals surface area contributed by atoms with Gasteiger partial charge in [0.25, 0.3) is 5.91 Å². The molecule has 2 nitrogen and oxygen atoms in total. The maximum atomic E-state index is 12.1. The topological polar surface area (TPSA) is 20.3 Å². The minimum Gasteiger partial charge on any atom is -0.333 e. The van der Waals surface area contributed by atoms with Gasteiger partial charge in [0.15, 0.2) is 0 Å². The van der Waals surface area contributed by atoms with E-state index in [-0.39, 0.29) is 10.6 Å². The van der Waals surface area contributed by atoms with Crippen molar-refractivity contribution in [3.63, 3.8) is 0 Å². The Hall–Kier alpha value is -0.880. The van der Waals surface area contributed by atoms with E-state index in [2.05, 4.69) is 12.6 Å². The molecule has 0 aliphatic heterocycles. The minimum absolute atomic E-state index is 0.00548. The zero-order valence-corrected chi connectivity index (χ0v) is 10.4. The van der Waals surface area contributed by atoms with Crippen LogP contribution in [0.2, 0.25) is 5.02 Å². The molecule has 0 bridgehead atoms. The van der Waals surface area contributed by atoms with Gasteiger partial charge in [-0.05, 0) is 18.2 Å². The first-order valence-corrected chi connectivity index (χ1v) is 5.34. The Labute approximate surface area is 107 Å². The molecule has 0 saturated heterocycles. The van der Waals surface area contributed by atoms with Crippen molar-refractivity contribution in [3.05, 3.63) is 28.8 Å². The molecule has 0 atom stereocenters. The Morgan fingerprint density at radius 2 is 2.06 bits per heavy atom. The Bertz CT molecular complexity index is 436. The highest BCUT2D eigenvalue weighted by Crippen LogP contribution is 2.22. The molecule has 7 heteroatoms. The van der Waals surface area contributed by atoms with Crippen molar-refractivity contribution in [2.75, 3.05) is 13.6 Å². The summed E-state index contributed by atoms with van der Waals surface area (Å²) < 4.78 is 36.4. The van der Waals surface area contributed by atoms with Crippen molar-refractivity contribution in [1.29, 1.82) is 0 Å². The first-order chi connectivity index (χ1) is 7.70. The van der Waals surface area contributed by atoms with Crippen LogP contribution in [0.5, 0.6) is 0 Å². The molecular weight excluding hydrogens is 275 g/mol. The maximum Gasteiger partial charge on any atom is 0.406 e. The van der Waals surface area contributed by atoms with E-state index < -0.39 is 18.6 Å². The number of thiol groups is 1. The molecule has 0 aliphatic carbocycles. The number of nitrogens with zero attached hydrogens (tertiary/aromatic N) is 1. The van der Waals surface area contributed by atoms with Crippen molar-refractivity contribution in [2.24, 2.45) is 0 Å². The first kappa shape index (κ1) is 14.2. The largest absolute Gasteiger partial charge is 0.406 e. The van der Waals surface area contributed by atoms with Crippen molar-refractivity contribution in [1.82, 2.24) is 4.90 Å². The number of hydrogen-bond acceptors (Lipinski definition) is 2. The predicted octanol–water partition coefficient (Wildman–Crippen LogP) is 3.26. The van der Waals surface area contributed by atoms with E-state index in [0.717, 1.165) is 7.05 Å². The minimum atomic E-state index is -4.44. The Balaban J connectivity index is 2.93. The first-order valence-electron chi connectivity index (χ1n) is 4.51. The summed E-state index contributed by atoms with van der Waals surface area (Å²) in [4.78, 5) is 12.7. The molecule has 1 aromatic rings. The van der Waals surface area contributed by atoms with Gasteiger partial charge >= 0.3 is 6.18 Å². The van der Waals surface area contributed by atoms with Crippen LogP contribution in [0.1, 0.15) is 10.4 Å². The lowest BCUT2D eigenvalue weighted by molar-refractivity contribution is -0.138. The number of carbonyl (C=O) groups is 1. The average Bonchev–Trinajstić information content (AvgIpc) is 2.18. The zero-order valence-electron chi connectivity index (χ0n) is 8.75. The monoisotopic (exact) mass is 283 g/mol. The Kier molecular flexibility index (Phi) is 4.32. The van der Waals surface area contributed by atoms with Gasteiger partial charge in [-0.1, -0.05) is 11.6 Å². The molecule has 0 unspecified atom stereocenters. The number of rotatable bonds is 2. The SMILES string of the molecule is CN(CC(F)(F)F)C(=O)c1cc(S)ccc1Cl. The summed E-state index contributed by atoms with van der Waals surface area (Å²) in [5.74, 6) is -0.789. The molecular formula is C10H9ClF3NOS. The molecule has 0 fully saturated rings. The van der Waals surface area contributed by atoms with Crippen LogP contribution in [-0.2, 0) is 0 Å². The molecule has 0 aromatic heterocycles. The van der Waals surface area contributed by atoms with Gasteiger partial charge in [-0.3, -0.25) is 4.79 Å². The highest BCUT2D eigenvalue weighted by atomic mass is 35.5. The Morgan fingerprint density at radius 1 is 1.47 bits per heavy atom. The molecule has 0 heterocycles. The third-order valence-electron chi connectivity index (χ3n) is 1.94. The molecule has 1 rings (SSSR count). The highest BCUT2D eigenvalue weighted by molar-refractivity contribution is 7.80. The van der Waals surface area contributed by atoms with Crippen LogP contribution in [0.3, 0.4) is 0 Å². The second kappa shape index (κ2) is 5.18. The third-order valence-corrected chi connectivity index (χ3v) is 2.55. The van der Waals surface area contributed by atoms with Gasteiger partial charge in [0.2, 0.25) is 0 Å². The second-order valence-corrected chi connectivity index (χ2v) is 4.36. The van der Waals surface area contributed by atoms with Crippen molar-refractivity contribution in [2.45, 2.75) is 11.1 Å². The normalized spacial score (nSPS) is 11.4. The van der Waals surface area contributed by atoms with Crippen molar-refractivity contribution in [3.8, 4) is 0 Å². The fourth-order valence-corrected chi connectivity index (χ4v) is 1.63. The van der Waals surface area contributed by atoms with Crippen LogP contribution in [0.25, 0.3) is 0 Å². The fourth-order valence-electron chi connectivity index (χ4n) is 1.22. The summed E-state index contributed by atoms with van der Waals surface area (Å²) in [7, 11) is 1.07. The van der Waals surface area contributed by atoms with E-state index in [1.165, 1.54) is 12.1 Å². The van der Waals surface area contributed by atoms with Crippen LogP contribution in [0.15, 0.2) is 23.1 Å². The average molecular weight is 284 g/mol. The predicted molar refractivity (Wildman–Crippen MR) is 61.7 cm³/mol. The zero-order chi connectivity index (χ0) is 13.2. The fraction of sp³-hybridized carbons (Fsp3) is 0.300. The van der Waals surface area contributed by atoms with E-state index >= 15 is 0 Å². The summed E-state index contributed by atoms with van der Waals surface area (Å²) in [5.41, 5.74) is 0.00548. The molecule has 17 heavy (non-hydrogen) atoms. The van der Waals surface area contributed by atoms with Gasteiger partial charge in [-0.15, -0.1) is 12.6 Å². The summed E-state index contributed by atoms with van der Waals surface area (Å²) in [5, 5.41) is 0.0989. The summed E-state index contributed by atoms with van der Waals surface area (Å²) in [6, 6.07) is 4.30. The van der Waals surface area contributed by atoms with Gasteiger partial charge < -0.3 is 4.90 Å². The lowest BCUT2D eigenvalue weighted by Gasteiger charge is -2.19. The molecule has 0 radical (unpaired) electrons. The number of benzene rings is 1. The number of halogens is 4. The van der Waals surface area contributed by atoms with Crippen LogP contribution in [-0.4, -0.2) is 30.6 Å². The third kappa shape index (κ3) is 4.12. The number of amides is 1. The highest BCUT2D eigenvalue weighted by Gasteiger charge is 2.31. The van der Waals surface area contributed by atoms with Gasteiger partial charge in [0.05, 0.1) is 10.6 Å². The molecule has 1 aromatic carbocycles. The van der Waals surface area contributed by atoms with Crippen molar-refractivity contribution < 1.29 is 18.0 Å². The van der Waals surface area contributed by atoms with E-state index in [1.54, 1.807) is 6.07 Å². The molecule has 1 amide bonds. The Morgan fingerprint density at radius 3 is 2.59 bits per heavy atom. The standard InChI is InChI=1S/C10H9ClF3NOS/c1-15(5-10(12,13)14)9(16)7-4-6(17)2-3-8(7)11/h2-4,17H,5H2,1H3. The van der Waals surface area contributed by atoms with E-state index in [4.69, 9.17) is 11.6 Å². The molecule has 0 aliphatic rings. The van der Waals surface area contributed by atoms with Gasteiger partial charge in [0.1, 0.15) is 6.54 Å². The van der Waals surface area contributed by atoms with Crippen LogP contribution in [0, 0.1) is 0 Å². The lowest BCUT2D eigenvalue weighted by atomic mass is 10.2. The summed E-state index contributed by atoms with van der Waals surface area (Å²) in [6.07, 6.45) is -4.44. The molecule has 94 valence electrons. The maximum absolute atomic E-state index is 12.1. The van der Waals surface area contributed by atoms with Crippen LogP contribution in [0.4, 0.5) is 13.2 Å². The quantitative estimate of drug-likeness (QED) is 0.826. The molecule has 0 saturated carbocycles. The van der Waals surface area contributed by atoms with Crippen LogP contribution < -0.4 is 0 Å². The van der Waals surface area contributed by atoms with E-state index in [1.807, 2.05) is 0 Å². The van der Waals surface area contributed by atoms with E-state index in [9.17, 15) is 18.0 Å². The summed E-state index contributed by atoms with van der Waals surface area (Å²) >= 11 is 9.74. The van der Waals surface area contributed by atoms with Gasteiger partial charge in [-0.2, -0.15) is 13.2 Å². The number of alkyl halides is 3. The van der Waals surface area contributed by atoms with Crippen molar-refractivity contribution >= 4 is 30.1 Å². The van der Waals surface area contributed by atoms with E-state index in [0.29, 0.717) is 9.80 Å². The van der Waals surface area contributed by atoms with Gasteiger partial charge in [-0.25, -0.2) is 0 Å². The van der Waals surface area contributed by atoms with Gasteiger partial charge in [0, 0.05) is 11.9 Å². The molecule has 0 N–H and O–H groups in total. The number of carbonyl (C=O) groups excluding carboxylic acids is 1. The smallest absolute Gasteiger partial charge is 0.333 e. The lowest BCUT2D eigenvalue weighted by Crippen LogP contribution is -2.35.